The Morgan fingerprint density at radius 2 is 2.00 bits per heavy atom. The van der Waals surface area contributed by atoms with Gasteiger partial charge in [0.25, 0.3) is 0 Å². The minimum absolute atomic E-state index is 0.0533. The van der Waals surface area contributed by atoms with E-state index in [-0.39, 0.29) is 12.0 Å². The summed E-state index contributed by atoms with van der Waals surface area (Å²) in [5.41, 5.74) is 0.839. The first-order valence-corrected chi connectivity index (χ1v) is 7.89. The number of hydrogen-bond acceptors (Lipinski definition) is 4. The smallest absolute Gasteiger partial charge is 0.115 e. The van der Waals surface area contributed by atoms with E-state index in [2.05, 4.69) is 11.8 Å². The molecule has 1 aromatic rings. The van der Waals surface area contributed by atoms with Crippen LogP contribution in [0.2, 0.25) is 0 Å². The highest BCUT2D eigenvalue weighted by atomic mass is 16.3. The number of piperidine rings is 1. The summed E-state index contributed by atoms with van der Waals surface area (Å²) in [6.45, 7) is 4.71. The van der Waals surface area contributed by atoms with Gasteiger partial charge in [0.1, 0.15) is 5.75 Å². The Morgan fingerprint density at radius 3 is 2.62 bits per heavy atom. The predicted octanol–water partition coefficient (Wildman–Crippen LogP) is 1.78. The lowest BCUT2D eigenvalue weighted by Gasteiger charge is -2.45. The van der Waals surface area contributed by atoms with Crippen LogP contribution in [0.3, 0.4) is 0 Å². The SMILES string of the molecule is CCC[C@]1(CO)CN(CCc2ccc(O)cc2)CC[C@H]1O. The first kappa shape index (κ1) is 16.3. The average molecular weight is 293 g/mol. The number of phenols is 1. The van der Waals surface area contributed by atoms with Gasteiger partial charge >= 0.3 is 0 Å². The van der Waals surface area contributed by atoms with Crippen LogP contribution in [0.5, 0.6) is 5.75 Å². The van der Waals surface area contributed by atoms with Crippen LogP contribution in [-0.4, -0.2) is 52.6 Å². The number of likely N-dealkylation sites (tertiary alicyclic amines) is 1. The average Bonchev–Trinajstić information content (AvgIpc) is 2.50. The zero-order valence-corrected chi connectivity index (χ0v) is 12.8. The molecule has 4 heteroatoms. The van der Waals surface area contributed by atoms with E-state index in [1.165, 1.54) is 5.56 Å². The van der Waals surface area contributed by atoms with Crippen molar-refractivity contribution in [2.24, 2.45) is 5.41 Å². The summed E-state index contributed by atoms with van der Waals surface area (Å²) in [6.07, 6.45) is 3.09. The Bertz CT molecular complexity index is 434. The van der Waals surface area contributed by atoms with Gasteiger partial charge in [-0.05, 0) is 37.0 Å². The molecule has 4 nitrogen and oxygen atoms in total. The molecule has 1 fully saturated rings. The fourth-order valence-corrected chi connectivity index (χ4v) is 3.36. The first-order valence-electron chi connectivity index (χ1n) is 7.89. The van der Waals surface area contributed by atoms with Crippen molar-refractivity contribution in [1.29, 1.82) is 0 Å². The Labute approximate surface area is 127 Å². The van der Waals surface area contributed by atoms with E-state index in [0.717, 1.165) is 45.3 Å². The molecule has 118 valence electrons. The summed E-state index contributed by atoms with van der Waals surface area (Å²) in [5, 5.41) is 29.3. The molecule has 0 unspecified atom stereocenters. The number of aliphatic hydroxyl groups excluding tert-OH is 2. The number of rotatable bonds is 6. The van der Waals surface area contributed by atoms with Gasteiger partial charge in [-0.25, -0.2) is 0 Å². The van der Waals surface area contributed by atoms with Crippen molar-refractivity contribution in [1.82, 2.24) is 4.90 Å². The molecule has 0 spiro atoms. The van der Waals surface area contributed by atoms with Gasteiger partial charge < -0.3 is 20.2 Å². The molecule has 0 amide bonds. The van der Waals surface area contributed by atoms with Gasteiger partial charge in [0.05, 0.1) is 12.7 Å². The normalized spacial score (nSPS) is 26.9. The zero-order chi connectivity index (χ0) is 15.3. The molecular formula is C17H27NO3. The molecule has 2 atom stereocenters. The molecule has 1 aromatic carbocycles. The number of aromatic hydroxyl groups is 1. The van der Waals surface area contributed by atoms with Gasteiger partial charge in [-0.3, -0.25) is 0 Å². The standard InChI is InChI=1S/C17H27NO3/c1-2-9-17(13-19)12-18(11-8-16(17)21)10-7-14-3-5-15(20)6-4-14/h3-6,16,19-21H,2,7-13H2,1H3/t16-,17-/m1/s1. The van der Waals surface area contributed by atoms with Gasteiger partial charge in [-0.2, -0.15) is 0 Å². The summed E-state index contributed by atoms with van der Waals surface area (Å²) < 4.78 is 0. The maximum atomic E-state index is 10.3. The van der Waals surface area contributed by atoms with Crippen molar-refractivity contribution in [2.75, 3.05) is 26.2 Å². The van der Waals surface area contributed by atoms with Gasteiger partial charge in [0.2, 0.25) is 0 Å². The Kier molecular flexibility index (Phi) is 5.62. The van der Waals surface area contributed by atoms with Crippen molar-refractivity contribution >= 4 is 0 Å². The summed E-state index contributed by atoms with van der Waals surface area (Å²) in [7, 11) is 0. The fraction of sp³-hybridized carbons (Fsp3) is 0.647. The van der Waals surface area contributed by atoms with Gasteiger partial charge in [-0.15, -0.1) is 0 Å². The number of phenolic OH excluding ortho intramolecular Hbond substituents is 1. The van der Waals surface area contributed by atoms with Crippen LogP contribution in [0.25, 0.3) is 0 Å². The third-order valence-corrected chi connectivity index (χ3v) is 4.68. The van der Waals surface area contributed by atoms with E-state index in [4.69, 9.17) is 0 Å². The van der Waals surface area contributed by atoms with Gasteiger partial charge in [-0.1, -0.05) is 25.5 Å². The Balaban J connectivity index is 1.93. The third kappa shape index (κ3) is 3.96. The van der Waals surface area contributed by atoms with E-state index in [1.807, 2.05) is 12.1 Å². The summed E-state index contributed by atoms with van der Waals surface area (Å²) in [6, 6.07) is 7.31. The maximum Gasteiger partial charge on any atom is 0.115 e. The van der Waals surface area contributed by atoms with Crippen molar-refractivity contribution in [3.8, 4) is 5.75 Å². The number of benzene rings is 1. The highest BCUT2D eigenvalue weighted by Crippen LogP contribution is 2.34. The molecule has 1 aliphatic heterocycles. The fourth-order valence-electron chi connectivity index (χ4n) is 3.36. The van der Waals surface area contributed by atoms with Crippen LogP contribution >= 0.6 is 0 Å². The highest BCUT2D eigenvalue weighted by molar-refractivity contribution is 5.26. The van der Waals surface area contributed by atoms with E-state index in [0.29, 0.717) is 5.75 Å². The lowest BCUT2D eigenvalue weighted by atomic mass is 9.74. The molecule has 1 aliphatic rings. The molecule has 1 saturated heterocycles. The molecule has 0 aliphatic carbocycles. The molecular weight excluding hydrogens is 266 g/mol. The first-order chi connectivity index (χ1) is 10.1. The van der Waals surface area contributed by atoms with E-state index < -0.39 is 6.10 Å². The molecule has 0 saturated carbocycles. The lowest BCUT2D eigenvalue weighted by Crippen LogP contribution is -2.54. The maximum absolute atomic E-state index is 10.3. The van der Waals surface area contributed by atoms with E-state index in [9.17, 15) is 15.3 Å². The third-order valence-electron chi connectivity index (χ3n) is 4.68. The van der Waals surface area contributed by atoms with Gasteiger partial charge in [0, 0.05) is 25.0 Å². The lowest BCUT2D eigenvalue weighted by molar-refractivity contribution is -0.0796. The van der Waals surface area contributed by atoms with E-state index >= 15 is 0 Å². The number of hydrogen-bond donors (Lipinski definition) is 3. The summed E-state index contributed by atoms with van der Waals surface area (Å²) in [5.74, 6) is 0.294. The van der Waals surface area contributed by atoms with Gasteiger partial charge in [0.15, 0.2) is 0 Å². The minimum Gasteiger partial charge on any atom is -0.508 e. The van der Waals surface area contributed by atoms with Crippen LogP contribution < -0.4 is 0 Å². The van der Waals surface area contributed by atoms with Crippen LogP contribution in [0.15, 0.2) is 24.3 Å². The molecule has 1 heterocycles. The molecule has 3 N–H and O–H groups in total. The largest absolute Gasteiger partial charge is 0.508 e. The molecule has 0 radical (unpaired) electrons. The second-order valence-electron chi connectivity index (χ2n) is 6.27. The number of aliphatic hydroxyl groups is 2. The zero-order valence-electron chi connectivity index (χ0n) is 12.8. The van der Waals surface area contributed by atoms with Crippen molar-refractivity contribution < 1.29 is 15.3 Å². The molecule has 0 bridgehead atoms. The second kappa shape index (κ2) is 7.25. The number of nitrogens with zero attached hydrogens (tertiary/aromatic N) is 1. The van der Waals surface area contributed by atoms with Crippen molar-refractivity contribution in [2.45, 2.75) is 38.7 Å². The second-order valence-corrected chi connectivity index (χ2v) is 6.27. The highest BCUT2D eigenvalue weighted by Gasteiger charge is 2.41. The Hall–Kier alpha value is -1.10. The molecule has 2 rings (SSSR count). The summed E-state index contributed by atoms with van der Waals surface area (Å²) >= 11 is 0. The molecule has 0 aromatic heterocycles. The van der Waals surface area contributed by atoms with Crippen LogP contribution in [0, 0.1) is 5.41 Å². The minimum atomic E-state index is -0.396. The predicted molar refractivity (Wildman–Crippen MR) is 83.3 cm³/mol. The molecule has 21 heavy (non-hydrogen) atoms. The summed E-state index contributed by atoms with van der Waals surface area (Å²) in [4.78, 5) is 2.34. The Morgan fingerprint density at radius 1 is 1.29 bits per heavy atom. The monoisotopic (exact) mass is 293 g/mol. The van der Waals surface area contributed by atoms with Crippen molar-refractivity contribution in [3.63, 3.8) is 0 Å². The van der Waals surface area contributed by atoms with Crippen molar-refractivity contribution in [3.05, 3.63) is 29.8 Å². The topological polar surface area (TPSA) is 63.9 Å². The van der Waals surface area contributed by atoms with Crippen LogP contribution in [-0.2, 0) is 6.42 Å². The quantitative estimate of drug-likeness (QED) is 0.748. The van der Waals surface area contributed by atoms with Crippen LogP contribution in [0.1, 0.15) is 31.7 Å². The van der Waals surface area contributed by atoms with E-state index in [1.54, 1.807) is 12.1 Å². The van der Waals surface area contributed by atoms with Crippen LogP contribution in [0.4, 0.5) is 0 Å².